The van der Waals surface area contributed by atoms with E-state index < -0.39 is 0 Å². The van der Waals surface area contributed by atoms with Gasteiger partial charge in [0.25, 0.3) is 0 Å². The Balaban J connectivity index is 2.08. The maximum absolute atomic E-state index is 3.60. The first-order valence-electron chi connectivity index (χ1n) is 8.22. The average molecular weight is 273 g/mol. The molecule has 0 heterocycles. The molecule has 0 bridgehead atoms. The molecule has 3 atom stereocenters. The topological polar surface area (TPSA) is 12.0 Å². The van der Waals surface area contributed by atoms with Crippen LogP contribution in [-0.4, -0.2) is 13.1 Å². The molecule has 20 heavy (non-hydrogen) atoms. The Labute approximate surface area is 125 Å². The van der Waals surface area contributed by atoms with Crippen molar-refractivity contribution in [1.82, 2.24) is 5.32 Å². The third kappa shape index (κ3) is 4.09. The first-order chi connectivity index (χ1) is 9.47. The van der Waals surface area contributed by atoms with Gasteiger partial charge in [-0.1, -0.05) is 43.2 Å². The summed E-state index contributed by atoms with van der Waals surface area (Å²) in [5.41, 5.74) is 4.27. The summed E-state index contributed by atoms with van der Waals surface area (Å²) >= 11 is 0. The molecule has 0 saturated heterocycles. The Morgan fingerprint density at radius 1 is 1.00 bits per heavy atom. The van der Waals surface area contributed by atoms with Crippen molar-refractivity contribution in [2.24, 2.45) is 17.8 Å². The monoisotopic (exact) mass is 273 g/mol. The van der Waals surface area contributed by atoms with Gasteiger partial charge in [-0.05, 0) is 69.9 Å². The lowest BCUT2D eigenvalue weighted by atomic mass is 9.72. The predicted molar refractivity (Wildman–Crippen MR) is 88.1 cm³/mol. The molecular formula is C19H31N. The molecule has 0 aliphatic heterocycles. The minimum atomic E-state index is 0.626. The lowest BCUT2D eigenvalue weighted by Gasteiger charge is -2.36. The van der Waals surface area contributed by atoms with Crippen molar-refractivity contribution in [2.45, 2.75) is 59.4 Å². The van der Waals surface area contributed by atoms with Crippen LogP contribution in [-0.2, 0) is 6.42 Å². The number of aryl methyl sites for hydroxylation is 2. The van der Waals surface area contributed by atoms with E-state index in [0.717, 1.165) is 17.8 Å². The van der Waals surface area contributed by atoms with E-state index in [1.54, 1.807) is 0 Å². The second-order valence-corrected chi connectivity index (χ2v) is 7.27. The second-order valence-electron chi connectivity index (χ2n) is 7.27. The average Bonchev–Trinajstić information content (AvgIpc) is 2.33. The number of hydrogen-bond donors (Lipinski definition) is 1. The van der Waals surface area contributed by atoms with E-state index in [0.29, 0.717) is 6.04 Å². The molecule has 0 amide bonds. The van der Waals surface area contributed by atoms with Crippen LogP contribution in [0.2, 0.25) is 0 Å². The van der Waals surface area contributed by atoms with Gasteiger partial charge in [0.2, 0.25) is 0 Å². The van der Waals surface area contributed by atoms with Gasteiger partial charge in [-0.3, -0.25) is 0 Å². The maximum Gasteiger partial charge on any atom is 0.0133 e. The fourth-order valence-corrected chi connectivity index (χ4v) is 4.28. The van der Waals surface area contributed by atoms with E-state index in [-0.39, 0.29) is 0 Å². The van der Waals surface area contributed by atoms with Crippen LogP contribution in [0.3, 0.4) is 0 Å². The summed E-state index contributed by atoms with van der Waals surface area (Å²) in [6.07, 6.45) is 5.36. The van der Waals surface area contributed by atoms with Crippen molar-refractivity contribution in [3.8, 4) is 0 Å². The van der Waals surface area contributed by atoms with Gasteiger partial charge in [0, 0.05) is 6.04 Å². The first-order valence-corrected chi connectivity index (χ1v) is 8.22. The van der Waals surface area contributed by atoms with Crippen LogP contribution in [0.15, 0.2) is 18.2 Å². The van der Waals surface area contributed by atoms with Crippen LogP contribution in [0.1, 0.15) is 49.8 Å². The van der Waals surface area contributed by atoms with Crippen molar-refractivity contribution in [2.75, 3.05) is 7.05 Å². The zero-order chi connectivity index (χ0) is 14.7. The quantitative estimate of drug-likeness (QED) is 0.851. The van der Waals surface area contributed by atoms with Crippen molar-refractivity contribution >= 4 is 0 Å². The van der Waals surface area contributed by atoms with Crippen LogP contribution in [0.4, 0.5) is 0 Å². The molecule has 1 aromatic rings. The molecule has 1 aliphatic carbocycles. The van der Waals surface area contributed by atoms with Crippen LogP contribution in [0.25, 0.3) is 0 Å². The minimum Gasteiger partial charge on any atom is -0.316 e. The molecular weight excluding hydrogens is 242 g/mol. The Bertz CT molecular complexity index is 407. The molecule has 1 aromatic carbocycles. The van der Waals surface area contributed by atoms with E-state index in [1.165, 1.54) is 42.4 Å². The van der Waals surface area contributed by atoms with E-state index in [9.17, 15) is 0 Å². The van der Waals surface area contributed by atoms with Crippen LogP contribution < -0.4 is 5.32 Å². The molecule has 2 rings (SSSR count). The smallest absolute Gasteiger partial charge is 0.0133 e. The molecule has 3 unspecified atom stereocenters. The highest BCUT2D eigenvalue weighted by Crippen LogP contribution is 2.35. The predicted octanol–water partition coefficient (Wildman–Crippen LogP) is 4.51. The first kappa shape index (κ1) is 15.6. The summed E-state index contributed by atoms with van der Waals surface area (Å²) in [5.74, 6) is 2.61. The molecule has 0 radical (unpaired) electrons. The highest BCUT2D eigenvalue weighted by Gasteiger charge is 2.29. The van der Waals surface area contributed by atoms with Crippen molar-refractivity contribution < 1.29 is 0 Å². The summed E-state index contributed by atoms with van der Waals surface area (Å²) in [6.45, 7) is 9.25. The number of hydrogen-bond acceptors (Lipinski definition) is 1. The highest BCUT2D eigenvalue weighted by atomic mass is 14.9. The molecule has 1 aliphatic rings. The Hall–Kier alpha value is -0.820. The van der Waals surface area contributed by atoms with Gasteiger partial charge < -0.3 is 5.32 Å². The van der Waals surface area contributed by atoms with Gasteiger partial charge in [0.1, 0.15) is 0 Å². The summed E-state index contributed by atoms with van der Waals surface area (Å²) in [5, 5.41) is 3.60. The summed E-state index contributed by atoms with van der Waals surface area (Å²) in [4.78, 5) is 0. The van der Waals surface area contributed by atoms with E-state index in [2.05, 4.69) is 58.3 Å². The number of rotatable bonds is 4. The molecule has 1 fully saturated rings. The van der Waals surface area contributed by atoms with Gasteiger partial charge in [-0.2, -0.15) is 0 Å². The SMILES string of the molecule is CNC(Cc1cc(C)cc(C)c1)C1CC(C)CC(C)C1. The highest BCUT2D eigenvalue weighted by molar-refractivity contribution is 5.29. The van der Waals surface area contributed by atoms with E-state index >= 15 is 0 Å². The Morgan fingerprint density at radius 3 is 2.05 bits per heavy atom. The van der Waals surface area contributed by atoms with Crippen LogP contribution in [0, 0.1) is 31.6 Å². The van der Waals surface area contributed by atoms with Gasteiger partial charge in [-0.15, -0.1) is 0 Å². The summed E-state index contributed by atoms with van der Waals surface area (Å²) in [7, 11) is 2.14. The normalized spacial score (nSPS) is 28.4. The van der Waals surface area contributed by atoms with Gasteiger partial charge in [0.05, 0.1) is 0 Å². The summed E-state index contributed by atoms with van der Waals surface area (Å²) < 4.78 is 0. The summed E-state index contributed by atoms with van der Waals surface area (Å²) in [6, 6.07) is 7.60. The minimum absolute atomic E-state index is 0.626. The number of nitrogens with one attached hydrogen (secondary N) is 1. The Morgan fingerprint density at radius 2 is 1.55 bits per heavy atom. The molecule has 1 N–H and O–H groups in total. The van der Waals surface area contributed by atoms with Gasteiger partial charge in [-0.25, -0.2) is 0 Å². The lowest BCUT2D eigenvalue weighted by Crippen LogP contribution is -2.39. The zero-order valence-corrected chi connectivity index (χ0v) is 13.9. The molecule has 1 saturated carbocycles. The fraction of sp³-hybridized carbons (Fsp3) is 0.684. The third-order valence-corrected chi connectivity index (χ3v) is 4.89. The maximum atomic E-state index is 3.60. The second kappa shape index (κ2) is 6.76. The zero-order valence-electron chi connectivity index (χ0n) is 13.9. The number of likely N-dealkylation sites (N-methyl/N-ethyl adjacent to an activating group) is 1. The largest absolute Gasteiger partial charge is 0.316 e. The molecule has 0 aromatic heterocycles. The molecule has 112 valence electrons. The standard InChI is InChI=1S/C19H31N/c1-13-6-14(2)9-17(8-13)12-19(20-5)18-10-15(3)7-16(4)11-18/h6,8-9,15-16,18-20H,7,10-12H2,1-5H3. The van der Waals surface area contributed by atoms with E-state index in [4.69, 9.17) is 0 Å². The third-order valence-electron chi connectivity index (χ3n) is 4.89. The number of benzene rings is 1. The Kier molecular flexibility index (Phi) is 5.26. The molecule has 1 nitrogen and oxygen atoms in total. The lowest BCUT2D eigenvalue weighted by molar-refractivity contribution is 0.179. The van der Waals surface area contributed by atoms with Crippen LogP contribution in [0.5, 0.6) is 0 Å². The van der Waals surface area contributed by atoms with Gasteiger partial charge in [0.15, 0.2) is 0 Å². The molecule has 1 heteroatoms. The van der Waals surface area contributed by atoms with Gasteiger partial charge >= 0.3 is 0 Å². The molecule has 0 spiro atoms. The van der Waals surface area contributed by atoms with Crippen molar-refractivity contribution in [3.63, 3.8) is 0 Å². The van der Waals surface area contributed by atoms with Crippen molar-refractivity contribution in [1.29, 1.82) is 0 Å². The van der Waals surface area contributed by atoms with E-state index in [1.807, 2.05) is 0 Å². The van der Waals surface area contributed by atoms with Crippen LogP contribution >= 0.6 is 0 Å². The fourth-order valence-electron chi connectivity index (χ4n) is 4.28. The van der Waals surface area contributed by atoms with Crippen molar-refractivity contribution in [3.05, 3.63) is 34.9 Å².